The van der Waals surface area contributed by atoms with Crippen molar-refractivity contribution >= 4 is 25.3 Å². The lowest BCUT2D eigenvalue weighted by molar-refractivity contribution is 0.424. The molecular formula is C4H7BN2O2S. The lowest BCUT2D eigenvalue weighted by Crippen LogP contribution is -2.30. The van der Waals surface area contributed by atoms with Crippen molar-refractivity contribution in [3.05, 3.63) is 6.20 Å². The van der Waals surface area contributed by atoms with Crippen LogP contribution < -0.4 is 5.59 Å². The van der Waals surface area contributed by atoms with Gasteiger partial charge in [-0.15, -0.1) is 12.6 Å². The molecule has 6 heteroatoms. The van der Waals surface area contributed by atoms with Crippen LogP contribution in [0.2, 0.25) is 0 Å². The summed E-state index contributed by atoms with van der Waals surface area (Å²) < 4.78 is 1.60. The molecule has 0 aliphatic heterocycles. The van der Waals surface area contributed by atoms with Crippen LogP contribution in [0.3, 0.4) is 0 Å². The summed E-state index contributed by atoms with van der Waals surface area (Å²) in [6, 6.07) is 0. The van der Waals surface area contributed by atoms with Crippen molar-refractivity contribution in [2.75, 3.05) is 0 Å². The SMILES string of the molecule is Cn1cc(B(O)O)nc1S. The Morgan fingerprint density at radius 2 is 2.30 bits per heavy atom. The lowest BCUT2D eigenvalue weighted by atomic mass is 9.87. The van der Waals surface area contributed by atoms with E-state index in [4.69, 9.17) is 10.0 Å². The largest absolute Gasteiger partial charge is 0.509 e. The maximum Gasteiger partial charge on any atom is 0.509 e. The van der Waals surface area contributed by atoms with Crippen molar-refractivity contribution in [2.24, 2.45) is 7.05 Å². The van der Waals surface area contributed by atoms with Crippen LogP contribution in [-0.2, 0) is 7.05 Å². The molecule has 0 amide bonds. The Morgan fingerprint density at radius 1 is 1.70 bits per heavy atom. The molecule has 0 aliphatic carbocycles. The Kier molecular flexibility index (Phi) is 2.03. The number of thiol groups is 1. The highest BCUT2D eigenvalue weighted by atomic mass is 32.1. The summed E-state index contributed by atoms with van der Waals surface area (Å²) in [5, 5.41) is 17.7. The summed E-state index contributed by atoms with van der Waals surface area (Å²) in [7, 11) is 0.216. The Balaban J connectivity index is 2.98. The molecule has 4 nitrogen and oxygen atoms in total. The number of rotatable bonds is 1. The van der Waals surface area contributed by atoms with Gasteiger partial charge in [0.05, 0.1) is 5.59 Å². The number of hydrogen-bond donors (Lipinski definition) is 3. The molecule has 0 spiro atoms. The zero-order chi connectivity index (χ0) is 7.72. The zero-order valence-corrected chi connectivity index (χ0v) is 6.29. The normalized spacial score (nSPS) is 10.0. The van der Waals surface area contributed by atoms with Crippen LogP contribution in [0.1, 0.15) is 0 Å². The summed E-state index contributed by atoms with van der Waals surface area (Å²) in [6.45, 7) is 0. The molecule has 1 aromatic heterocycles. The highest BCUT2D eigenvalue weighted by molar-refractivity contribution is 7.80. The second kappa shape index (κ2) is 2.65. The molecular weight excluding hydrogens is 151 g/mol. The quantitative estimate of drug-likeness (QED) is 0.340. The Labute approximate surface area is 64.1 Å². The zero-order valence-electron chi connectivity index (χ0n) is 5.39. The average molecular weight is 158 g/mol. The number of imidazole rings is 1. The van der Waals surface area contributed by atoms with E-state index in [1.807, 2.05) is 0 Å². The molecule has 1 aromatic rings. The van der Waals surface area contributed by atoms with Crippen molar-refractivity contribution in [3.8, 4) is 0 Å². The van der Waals surface area contributed by atoms with E-state index in [0.717, 1.165) is 0 Å². The van der Waals surface area contributed by atoms with Gasteiger partial charge >= 0.3 is 7.12 Å². The molecule has 0 bridgehead atoms. The standard InChI is InChI=1S/C4H7BN2O2S/c1-7-2-3(5(8)9)6-4(7)10/h2,8-9H,1H3,(H,6,10). The van der Waals surface area contributed by atoms with Gasteiger partial charge in [0.25, 0.3) is 0 Å². The van der Waals surface area contributed by atoms with Gasteiger partial charge < -0.3 is 14.6 Å². The summed E-state index contributed by atoms with van der Waals surface area (Å²) in [4.78, 5) is 3.74. The number of aromatic nitrogens is 2. The van der Waals surface area contributed by atoms with Crippen molar-refractivity contribution in [2.45, 2.75) is 5.16 Å². The van der Waals surface area contributed by atoms with Gasteiger partial charge in [0, 0.05) is 13.2 Å². The summed E-state index contributed by atoms with van der Waals surface area (Å²) in [5.74, 6) is 0. The lowest BCUT2D eigenvalue weighted by Gasteiger charge is -1.87. The Morgan fingerprint density at radius 3 is 2.50 bits per heavy atom. The van der Waals surface area contributed by atoms with Gasteiger partial charge in [0.1, 0.15) is 0 Å². The van der Waals surface area contributed by atoms with Crippen LogP contribution >= 0.6 is 12.6 Å². The Bertz CT molecular complexity index is 218. The molecule has 0 saturated heterocycles. The first-order valence-corrected chi connectivity index (χ1v) is 3.14. The first-order valence-electron chi connectivity index (χ1n) is 2.69. The predicted molar refractivity (Wildman–Crippen MR) is 40.3 cm³/mol. The van der Waals surface area contributed by atoms with E-state index < -0.39 is 7.12 Å². The first-order chi connectivity index (χ1) is 4.61. The van der Waals surface area contributed by atoms with Gasteiger partial charge in [-0.1, -0.05) is 0 Å². The molecule has 0 aliphatic rings. The summed E-state index contributed by atoms with van der Waals surface area (Å²) in [6.07, 6.45) is 1.51. The topological polar surface area (TPSA) is 58.3 Å². The average Bonchev–Trinajstić information content (AvgIpc) is 2.13. The molecule has 54 valence electrons. The molecule has 10 heavy (non-hydrogen) atoms. The van der Waals surface area contributed by atoms with Crippen LogP contribution in [0.4, 0.5) is 0 Å². The van der Waals surface area contributed by atoms with Gasteiger partial charge in [-0.3, -0.25) is 0 Å². The molecule has 1 heterocycles. The highest BCUT2D eigenvalue weighted by Crippen LogP contribution is 1.96. The van der Waals surface area contributed by atoms with Gasteiger partial charge in [0.2, 0.25) is 0 Å². The van der Waals surface area contributed by atoms with E-state index in [-0.39, 0.29) is 5.59 Å². The van der Waals surface area contributed by atoms with E-state index >= 15 is 0 Å². The molecule has 2 N–H and O–H groups in total. The molecule has 0 fully saturated rings. The third-order valence-corrected chi connectivity index (χ3v) is 1.55. The third kappa shape index (κ3) is 1.34. The van der Waals surface area contributed by atoms with E-state index in [1.54, 1.807) is 11.6 Å². The predicted octanol–water partition coefficient (Wildman–Crippen LogP) is -1.61. The molecule has 0 atom stereocenters. The van der Waals surface area contributed by atoms with Gasteiger partial charge in [0.15, 0.2) is 5.16 Å². The minimum Gasteiger partial charge on any atom is -0.422 e. The van der Waals surface area contributed by atoms with Crippen LogP contribution in [0.15, 0.2) is 11.4 Å². The molecule has 0 aromatic carbocycles. The van der Waals surface area contributed by atoms with Crippen molar-refractivity contribution in [3.63, 3.8) is 0 Å². The highest BCUT2D eigenvalue weighted by Gasteiger charge is 2.15. The van der Waals surface area contributed by atoms with Gasteiger partial charge in [-0.05, 0) is 0 Å². The van der Waals surface area contributed by atoms with Crippen molar-refractivity contribution in [1.82, 2.24) is 9.55 Å². The number of aryl methyl sites for hydroxylation is 1. The van der Waals surface area contributed by atoms with Gasteiger partial charge in [-0.2, -0.15) is 0 Å². The van der Waals surface area contributed by atoms with Crippen LogP contribution in [0.5, 0.6) is 0 Å². The van der Waals surface area contributed by atoms with Crippen molar-refractivity contribution < 1.29 is 10.0 Å². The maximum absolute atomic E-state index is 8.61. The Hall–Kier alpha value is -0.455. The molecule has 0 saturated carbocycles. The fourth-order valence-corrected chi connectivity index (χ4v) is 0.777. The maximum atomic E-state index is 8.61. The molecule has 0 unspecified atom stereocenters. The van der Waals surface area contributed by atoms with Crippen LogP contribution in [-0.4, -0.2) is 26.7 Å². The van der Waals surface area contributed by atoms with E-state index in [9.17, 15) is 0 Å². The van der Waals surface area contributed by atoms with E-state index in [2.05, 4.69) is 17.6 Å². The molecule has 0 radical (unpaired) electrons. The number of hydrogen-bond acceptors (Lipinski definition) is 4. The van der Waals surface area contributed by atoms with Crippen LogP contribution in [0, 0.1) is 0 Å². The second-order valence-corrected chi connectivity index (χ2v) is 2.35. The van der Waals surface area contributed by atoms with Gasteiger partial charge in [-0.25, -0.2) is 4.98 Å². The van der Waals surface area contributed by atoms with Crippen LogP contribution in [0.25, 0.3) is 0 Å². The van der Waals surface area contributed by atoms with E-state index in [0.29, 0.717) is 5.16 Å². The number of nitrogens with zero attached hydrogens (tertiary/aromatic N) is 2. The van der Waals surface area contributed by atoms with Crippen molar-refractivity contribution in [1.29, 1.82) is 0 Å². The molecule has 1 rings (SSSR count). The fraction of sp³-hybridized carbons (Fsp3) is 0.250. The summed E-state index contributed by atoms with van der Waals surface area (Å²) in [5.41, 5.74) is 0.215. The summed E-state index contributed by atoms with van der Waals surface area (Å²) >= 11 is 3.94. The first kappa shape index (κ1) is 7.65. The third-order valence-electron chi connectivity index (χ3n) is 1.14. The minimum absolute atomic E-state index is 0.215. The smallest absolute Gasteiger partial charge is 0.422 e. The van der Waals surface area contributed by atoms with E-state index in [1.165, 1.54) is 6.20 Å². The minimum atomic E-state index is -1.51. The fourth-order valence-electron chi connectivity index (χ4n) is 0.604. The second-order valence-electron chi connectivity index (χ2n) is 1.95. The monoisotopic (exact) mass is 158 g/mol.